The average Bonchev–Trinajstić information content (AvgIpc) is 2.97. The van der Waals surface area contributed by atoms with Crippen LogP contribution in [0.4, 0.5) is 0 Å². The lowest BCUT2D eigenvalue weighted by molar-refractivity contribution is 0.0693. The third-order valence-corrected chi connectivity index (χ3v) is 5.26. The van der Waals surface area contributed by atoms with Crippen LogP contribution in [0.2, 0.25) is 0 Å². The number of aromatic carboxylic acids is 1. The molecule has 0 bridgehead atoms. The Morgan fingerprint density at radius 2 is 2.05 bits per heavy atom. The van der Waals surface area contributed by atoms with Gasteiger partial charge < -0.3 is 5.11 Å². The van der Waals surface area contributed by atoms with Crippen LogP contribution in [0.1, 0.15) is 36.0 Å². The number of rotatable bonds is 4. The minimum Gasteiger partial charge on any atom is -0.478 e. The van der Waals surface area contributed by atoms with Gasteiger partial charge in [-0.3, -0.25) is 4.98 Å². The van der Waals surface area contributed by atoms with E-state index in [-0.39, 0.29) is 0 Å². The van der Waals surface area contributed by atoms with Crippen LogP contribution in [-0.4, -0.2) is 21.8 Å². The minimum atomic E-state index is -0.892. The Balaban J connectivity index is 1.96. The topological polar surface area (TPSA) is 50.2 Å². The first-order valence-electron chi connectivity index (χ1n) is 6.99. The fraction of sp³-hybridized carbons (Fsp3) is 0.375. The highest BCUT2D eigenvalue weighted by Gasteiger charge is 2.19. The SMILES string of the molecule is O=C(O)c1cnc2ccccc2c1SCC1CCCC1. The van der Waals surface area contributed by atoms with E-state index in [1.807, 2.05) is 24.3 Å². The van der Waals surface area contributed by atoms with Crippen LogP contribution < -0.4 is 0 Å². The van der Waals surface area contributed by atoms with Gasteiger partial charge in [0.15, 0.2) is 0 Å². The van der Waals surface area contributed by atoms with E-state index in [1.54, 1.807) is 11.8 Å². The van der Waals surface area contributed by atoms with Crippen molar-refractivity contribution in [2.45, 2.75) is 30.6 Å². The molecule has 3 nitrogen and oxygen atoms in total. The van der Waals surface area contributed by atoms with Gasteiger partial charge in [-0.15, -0.1) is 11.8 Å². The molecule has 104 valence electrons. The van der Waals surface area contributed by atoms with Crippen molar-refractivity contribution in [3.8, 4) is 0 Å². The molecule has 0 amide bonds. The van der Waals surface area contributed by atoms with Crippen LogP contribution >= 0.6 is 11.8 Å². The molecule has 0 radical (unpaired) electrons. The van der Waals surface area contributed by atoms with E-state index >= 15 is 0 Å². The van der Waals surface area contributed by atoms with E-state index in [9.17, 15) is 9.90 Å². The number of aromatic nitrogens is 1. The van der Waals surface area contributed by atoms with E-state index in [0.717, 1.165) is 27.5 Å². The molecule has 4 heteroatoms. The number of carboxylic acids is 1. The zero-order chi connectivity index (χ0) is 13.9. The molecule has 3 rings (SSSR count). The van der Waals surface area contributed by atoms with Crippen LogP contribution in [-0.2, 0) is 0 Å². The summed E-state index contributed by atoms with van der Waals surface area (Å²) >= 11 is 1.68. The van der Waals surface area contributed by atoms with Crippen molar-refractivity contribution in [1.82, 2.24) is 4.98 Å². The van der Waals surface area contributed by atoms with Crippen molar-refractivity contribution in [1.29, 1.82) is 0 Å². The number of benzene rings is 1. The van der Waals surface area contributed by atoms with E-state index in [0.29, 0.717) is 5.56 Å². The zero-order valence-corrected chi connectivity index (χ0v) is 12.0. The Morgan fingerprint density at radius 3 is 2.80 bits per heavy atom. The second kappa shape index (κ2) is 5.83. The van der Waals surface area contributed by atoms with Crippen molar-refractivity contribution in [3.63, 3.8) is 0 Å². The van der Waals surface area contributed by atoms with Gasteiger partial charge in [0.05, 0.1) is 11.1 Å². The number of hydrogen-bond acceptors (Lipinski definition) is 3. The first-order valence-corrected chi connectivity index (χ1v) is 7.98. The molecular formula is C16H17NO2S. The summed E-state index contributed by atoms with van der Waals surface area (Å²) < 4.78 is 0. The van der Waals surface area contributed by atoms with Crippen molar-refractivity contribution in [2.24, 2.45) is 5.92 Å². The fourth-order valence-corrected chi connectivity index (χ4v) is 4.16. The summed E-state index contributed by atoms with van der Waals surface area (Å²) in [4.78, 5) is 16.5. The lowest BCUT2D eigenvalue weighted by Crippen LogP contribution is -2.03. The molecule has 0 saturated heterocycles. The van der Waals surface area contributed by atoms with Gasteiger partial charge in [0.25, 0.3) is 0 Å². The third kappa shape index (κ3) is 2.66. The van der Waals surface area contributed by atoms with Crippen molar-refractivity contribution in [3.05, 3.63) is 36.0 Å². The smallest absolute Gasteiger partial charge is 0.338 e. The maximum atomic E-state index is 11.4. The van der Waals surface area contributed by atoms with Gasteiger partial charge in [-0.05, 0) is 24.8 Å². The molecule has 0 atom stereocenters. The van der Waals surface area contributed by atoms with Crippen molar-refractivity contribution >= 4 is 28.6 Å². The van der Waals surface area contributed by atoms with Gasteiger partial charge in [-0.25, -0.2) is 4.79 Å². The molecule has 1 aromatic carbocycles. The van der Waals surface area contributed by atoms with Gasteiger partial charge in [0, 0.05) is 22.2 Å². The quantitative estimate of drug-likeness (QED) is 0.856. The lowest BCUT2D eigenvalue weighted by atomic mass is 10.1. The van der Waals surface area contributed by atoms with E-state index in [4.69, 9.17) is 0 Å². The zero-order valence-electron chi connectivity index (χ0n) is 11.2. The second-order valence-electron chi connectivity index (χ2n) is 5.28. The standard InChI is InChI=1S/C16H17NO2S/c18-16(19)13-9-17-14-8-4-3-7-12(14)15(13)20-10-11-5-1-2-6-11/h3-4,7-9,11H,1-2,5-6,10H2,(H,18,19). The van der Waals surface area contributed by atoms with Gasteiger partial charge in [0.2, 0.25) is 0 Å². The molecule has 1 N–H and O–H groups in total. The monoisotopic (exact) mass is 287 g/mol. The van der Waals surface area contributed by atoms with Gasteiger partial charge in [0.1, 0.15) is 0 Å². The lowest BCUT2D eigenvalue weighted by Gasteiger charge is -2.12. The number of thioether (sulfide) groups is 1. The average molecular weight is 287 g/mol. The molecule has 0 spiro atoms. The number of nitrogens with zero attached hydrogens (tertiary/aromatic N) is 1. The molecule has 1 fully saturated rings. The molecule has 1 heterocycles. The van der Waals surface area contributed by atoms with Crippen LogP contribution in [0, 0.1) is 5.92 Å². The van der Waals surface area contributed by atoms with Gasteiger partial charge in [-0.2, -0.15) is 0 Å². The predicted octanol–water partition coefficient (Wildman–Crippen LogP) is 4.22. The van der Waals surface area contributed by atoms with Crippen LogP contribution in [0.5, 0.6) is 0 Å². The largest absolute Gasteiger partial charge is 0.478 e. The molecule has 0 aliphatic heterocycles. The molecule has 1 aliphatic rings. The summed E-state index contributed by atoms with van der Waals surface area (Å²) in [6.07, 6.45) is 6.67. The van der Waals surface area contributed by atoms with Crippen molar-refractivity contribution in [2.75, 3.05) is 5.75 Å². The summed E-state index contributed by atoms with van der Waals surface area (Å²) in [7, 11) is 0. The predicted molar refractivity (Wildman–Crippen MR) is 81.4 cm³/mol. The summed E-state index contributed by atoms with van der Waals surface area (Å²) in [6.45, 7) is 0. The first kappa shape index (κ1) is 13.4. The highest BCUT2D eigenvalue weighted by molar-refractivity contribution is 7.99. The molecule has 20 heavy (non-hydrogen) atoms. The Labute approximate surface area is 122 Å². The molecular weight excluding hydrogens is 270 g/mol. The fourth-order valence-electron chi connectivity index (χ4n) is 2.80. The summed E-state index contributed by atoms with van der Waals surface area (Å²) in [6, 6.07) is 7.77. The number of fused-ring (bicyclic) bond motifs is 1. The molecule has 0 unspecified atom stereocenters. The number of pyridine rings is 1. The van der Waals surface area contributed by atoms with Crippen LogP contribution in [0.3, 0.4) is 0 Å². The van der Waals surface area contributed by atoms with Crippen LogP contribution in [0.25, 0.3) is 10.9 Å². The summed E-state index contributed by atoms with van der Waals surface area (Å²) in [5.41, 5.74) is 1.19. The number of hydrogen-bond donors (Lipinski definition) is 1. The Bertz CT molecular complexity index is 635. The highest BCUT2D eigenvalue weighted by Crippen LogP contribution is 2.35. The van der Waals surface area contributed by atoms with Crippen molar-refractivity contribution < 1.29 is 9.90 Å². The first-order chi connectivity index (χ1) is 9.75. The Hall–Kier alpha value is -1.55. The number of para-hydroxylation sites is 1. The van der Waals surface area contributed by atoms with E-state index < -0.39 is 5.97 Å². The van der Waals surface area contributed by atoms with Gasteiger partial charge >= 0.3 is 5.97 Å². The third-order valence-electron chi connectivity index (χ3n) is 3.89. The minimum absolute atomic E-state index is 0.326. The number of carbonyl (C=O) groups is 1. The second-order valence-corrected chi connectivity index (χ2v) is 6.32. The normalized spacial score (nSPS) is 15.8. The van der Waals surface area contributed by atoms with Gasteiger partial charge in [-0.1, -0.05) is 31.0 Å². The Kier molecular flexibility index (Phi) is 3.92. The summed E-state index contributed by atoms with van der Waals surface area (Å²) in [5, 5.41) is 10.3. The molecule has 1 saturated carbocycles. The molecule has 2 aromatic rings. The van der Waals surface area contributed by atoms with E-state index in [1.165, 1.54) is 31.9 Å². The molecule has 1 aliphatic carbocycles. The summed E-state index contributed by atoms with van der Waals surface area (Å²) in [5.74, 6) is 0.847. The van der Waals surface area contributed by atoms with E-state index in [2.05, 4.69) is 4.98 Å². The van der Waals surface area contributed by atoms with Crippen LogP contribution in [0.15, 0.2) is 35.4 Å². The maximum Gasteiger partial charge on any atom is 0.338 e. The number of carboxylic acid groups (broad SMARTS) is 1. The highest BCUT2D eigenvalue weighted by atomic mass is 32.2. The Morgan fingerprint density at radius 1 is 1.30 bits per heavy atom. The molecule has 1 aromatic heterocycles. The maximum absolute atomic E-state index is 11.4.